The van der Waals surface area contributed by atoms with Crippen molar-refractivity contribution in [1.82, 2.24) is 4.90 Å². The number of aryl methyl sites for hydroxylation is 1. The average Bonchev–Trinajstić information content (AvgIpc) is 2.60. The minimum atomic E-state index is -4.92. The van der Waals surface area contributed by atoms with E-state index < -0.39 is 29.4 Å². The third kappa shape index (κ3) is 5.06. The summed E-state index contributed by atoms with van der Waals surface area (Å²) < 4.78 is 51.7. The monoisotopic (exact) mass is 382 g/mol. The largest absolute Gasteiger partial charge is 0.419 e. The highest BCUT2D eigenvalue weighted by atomic mass is 19.4. The van der Waals surface area contributed by atoms with Crippen molar-refractivity contribution in [2.45, 2.75) is 19.5 Å². The molecular weight excluding hydrogens is 364 g/mol. The van der Waals surface area contributed by atoms with Gasteiger partial charge in [0.2, 0.25) is 5.91 Å². The van der Waals surface area contributed by atoms with Crippen molar-refractivity contribution in [1.29, 1.82) is 0 Å². The number of benzene rings is 2. The van der Waals surface area contributed by atoms with Gasteiger partial charge < -0.3 is 10.2 Å². The SMILES string of the molecule is CCc1ccccc1NC(=O)CN(C)C(=O)c1ccc(F)c(C(F)(F)F)c1. The van der Waals surface area contributed by atoms with Gasteiger partial charge in [-0.2, -0.15) is 13.2 Å². The van der Waals surface area contributed by atoms with E-state index >= 15 is 0 Å². The summed E-state index contributed by atoms with van der Waals surface area (Å²) in [6, 6.07) is 9.13. The minimum Gasteiger partial charge on any atom is -0.332 e. The third-order valence-corrected chi connectivity index (χ3v) is 3.92. The number of alkyl halides is 3. The average molecular weight is 382 g/mol. The number of carbonyl (C=O) groups is 2. The Hall–Kier alpha value is -2.90. The molecule has 0 aliphatic heterocycles. The molecule has 0 bridgehead atoms. The molecule has 144 valence electrons. The van der Waals surface area contributed by atoms with Crippen LogP contribution >= 0.6 is 0 Å². The summed E-state index contributed by atoms with van der Waals surface area (Å²) in [5.74, 6) is -2.78. The van der Waals surface area contributed by atoms with E-state index in [0.717, 1.165) is 16.5 Å². The number of hydrogen-bond donors (Lipinski definition) is 1. The summed E-state index contributed by atoms with van der Waals surface area (Å²) in [5, 5.41) is 2.67. The standard InChI is InChI=1S/C19H18F4N2O2/c1-3-12-6-4-5-7-16(12)24-17(26)11-25(2)18(27)13-8-9-15(20)14(10-13)19(21,22)23/h4-10H,3,11H2,1-2H3,(H,24,26). The minimum absolute atomic E-state index is 0.354. The Morgan fingerprint density at radius 3 is 2.41 bits per heavy atom. The Bertz CT molecular complexity index is 850. The van der Waals surface area contributed by atoms with Crippen LogP contribution in [0.25, 0.3) is 0 Å². The van der Waals surface area contributed by atoms with Crippen LogP contribution in [-0.4, -0.2) is 30.3 Å². The summed E-state index contributed by atoms with van der Waals surface area (Å²) in [4.78, 5) is 25.4. The van der Waals surface area contributed by atoms with Gasteiger partial charge in [0.15, 0.2) is 0 Å². The maximum absolute atomic E-state index is 13.3. The van der Waals surface area contributed by atoms with Gasteiger partial charge in [0.05, 0.1) is 12.1 Å². The summed E-state index contributed by atoms with van der Waals surface area (Å²) in [7, 11) is 1.28. The summed E-state index contributed by atoms with van der Waals surface area (Å²) in [6.07, 6.45) is -4.22. The van der Waals surface area contributed by atoms with Crippen molar-refractivity contribution in [3.8, 4) is 0 Å². The van der Waals surface area contributed by atoms with Gasteiger partial charge in [0.25, 0.3) is 5.91 Å². The molecule has 0 radical (unpaired) electrons. The molecule has 4 nitrogen and oxygen atoms in total. The Morgan fingerprint density at radius 1 is 1.11 bits per heavy atom. The van der Waals surface area contributed by atoms with Crippen molar-refractivity contribution < 1.29 is 27.2 Å². The normalized spacial score (nSPS) is 11.2. The quantitative estimate of drug-likeness (QED) is 0.791. The van der Waals surface area contributed by atoms with Crippen molar-refractivity contribution >= 4 is 17.5 Å². The molecule has 0 unspecified atom stereocenters. The van der Waals surface area contributed by atoms with Crippen LogP contribution in [-0.2, 0) is 17.4 Å². The highest BCUT2D eigenvalue weighted by molar-refractivity contribution is 5.99. The number of para-hydroxylation sites is 1. The molecule has 2 aromatic rings. The van der Waals surface area contributed by atoms with E-state index in [1.165, 1.54) is 7.05 Å². The second kappa shape index (κ2) is 8.20. The Kier molecular flexibility index (Phi) is 6.20. The third-order valence-electron chi connectivity index (χ3n) is 3.92. The molecule has 27 heavy (non-hydrogen) atoms. The number of nitrogens with zero attached hydrogens (tertiary/aromatic N) is 1. The maximum Gasteiger partial charge on any atom is 0.419 e. The van der Waals surface area contributed by atoms with Crippen LogP contribution in [0.3, 0.4) is 0 Å². The molecule has 0 spiro atoms. The predicted molar refractivity (Wildman–Crippen MR) is 92.8 cm³/mol. The lowest BCUT2D eigenvalue weighted by molar-refractivity contribution is -0.140. The number of rotatable bonds is 5. The molecule has 2 aromatic carbocycles. The Balaban J connectivity index is 2.10. The zero-order valence-corrected chi connectivity index (χ0v) is 14.7. The van der Waals surface area contributed by atoms with E-state index in [4.69, 9.17) is 0 Å². The van der Waals surface area contributed by atoms with Crippen molar-refractivity contribution in [2.24, 2.45) is 0 Å². The van der Waals surface area contributed by atoms with Crippen molar-refractivity contribution in [2.75, 3.05) is 18.9 Å². The molecule has 0 saturated heterocycles. The fourth-order valence-corrected chi connectivity index (χ4v) is 2.52. The van der Waals surface area contributed by atoms with E-state index in [2.05, 4.69) is 5.32 Å². The molecular formula is C19H18F4N2O2. The zero-order chi connectivity index (χ0) is 20.2. The molecule has 0 aromatic heterocycles. The lowest BCUT2D eigenvalue weighted by Gasteiger charge is -2.18. The Labute approximate surface area is 153 Å². The number of carbonyl (C=O) groups excluding carboxylic acids is 2. The Morgan fingerprint density at radius 2 is 1.78 bits per heavy atom. The maximum atomic E-state index is 13.3. The molecule has 0 heterocycles. The molecule has 1 N–H and O–H groups in total. The molecule has 0 fully saturated rings. The van der Waals surface area contributed by atoms with E-state index in [0.29, 0.717) is 24.2 Å². The van der Waals surface area contributed by atoms with Crippen LogP contribution in [0.4, 0.5) is 23.2 Å². The molecule has 2 rings (SSSR count). The summed E-state index contributed by atoms with van der Waals surface area (Å²) in [5.41, 5.74) is -0.365. The highest BCUT2D eigenvalue weighted by Crippen LogP contribution is 2.32. The van der Waals surface area contributed by atoms with Crippen LogP contribution in [0.5, 0.6) is 0 Å². The van der Waals surface area contributed by atoms with E-state index in [1.807, 2.05) is 19.1 Å². The van der Waals surface area contributed by atoms with Gasteiger partial charge in [-0.1, -0.05) is 25.1 Å². The molecule has 0 aliphatic carbocycles. The number of amides is 2. The molecule has 0 saturated carbocycles. The first kappa shape index (κ1) is 20.4. The molecule has 0 aliphatic rings. The second-order valence-corrected chi connectivity index (χ2v) is 5.91. The number of hydrogen-bond acceptors (Lipinski definition) is 2. The lowest BCUT2D eigenvalue weighted by Crippen LogP contribution is -2.35. The zero-order valence-electron chi connectivity index (χ0n) is 14.7. The summed E-state index contributed by atoms with van der Waals surface area (Å²) >= 11 is 0. The van der Waals surface area contributed by atoms with E-state index in [1.54, 1.807) is 12.1 Å². The van der Waals surface area contributed by atoms with Crippen LogP contribution in [0.1, 0.15) is 28.4 Å². The number of nitrogens with one attached hydrogen (secondary N) is 1. The van der Waals surface area contributed by atoms with Gasteiger partial charge in [0, 0.05) is 18.3 Å². The highest BCUT2D eigenvalue weighted by Gasteiger charge is 2.35. The van der Waals surface area contributed by atoms with Crippen molar-refractivity contribution in [3.05, 3.63) is 65.0 Å². The number of anilines is 1. The van der Waals surface area contributed by atoms with Crippen LogP contribution in [0.15, 0.2) is 42.5 Å². The van der Waals surface area contributed by atoms with Gasteiger partial charge in [0.1, 0.15) is 5.82 Å². The molecule has 8 heteroatoms. The van der Waals surface area contributed by atoms with E-state index in [-0.39, 0.29) is 12.1 Å². The van der Waals surface area contributed by atoms with Gasteiger partial charge in [-0.05, 0) is 36.2 Å². The smallest absolute Gasteiger partial charge is 0.332 e. The fraction of sp³-hybridized carbons (Fsp3) is 0.263. The first-order valence-corrected chi connectivity index (χ1v) is 8.13. The van der Waals surface area contributed by atoms with Gasteiger partial charge in [-0.25, -0.2) is 4.39 Å². The number of likely N-dealkylation sites (N-methyl/N-ethyl adjacent to an activating group) is 1. The lowest BCUT2D eigenvalue weighted by atomic mass is 10.1. The second-order valence-electron chi connectivity index (χ2n) is 5.91. The fourth-order valence-electron chi connectivity index (χ4n) is 2.52. The topological polar surface area (TPSA) is 49.4 Å². The van der Waals surface area contributed by atoms with Crippen molar-refractivity contribution in [3.63, 3.8) is 0 Å². The predicted octanol–water partition coefficient (Wildman–Crippen LogP) is 4.12. The molecule has 0 atom stereocenters. The first-order valence-electron chi connectivity index (χ1n) is 8.13. The van der Waals surface area contributed by atoms with Crippen LogP contribution in [0.2, 0.25) is 0 Å². The molecule has 2 amide bonds. The number of halogens is 4. The van der Waals surface area contributed by atoms with Gasteiger partial charge >= 0.3 is 6.18 Å². The first-order chi connectivity index (χ1) is 12.6. The van der Waals surface area contributed by atoms with Crippen LogP contribution in [0, 0.1) is 5.82 Å². The van der Waals surface area contributed by atoms with Gasteiger partial charge in [-0.3, -0.25) is 9.59 Å². The van der Waals surface area contributed by atoms with Crippen LogP contribution < -0.4 is 5.32 Å². The summed E-state index contributed by atoms with van der Waals surface area (Å²) in [6.45, 7) is 1.56. The van der Waals surface area contributed by atoms with Gasteiger partial charge in [-0.15, -0.1) is 0 Å². The van der Waals surface area contributed by atoms with E-state index in [9.17, 15) is 27.2 Å².